The van der Waals surface area contributed by atoms with E-state index in [2.05, 4.69) is 0 Å². The Bertz CT molecular complexity index is 1800. The molecular formula is C33H32ClNO8S3. The molecule has 0 radical (unpaired) electrons. The summed E-state index contributed by atoms with van der Waals surface area (Å²) in [5, 5.41) is 45.9. The molecule has 3 aromatic carbocycles. The number of carbonyl (C=O) groups excluding carboxylic acids is 1. The lowest BCUT2D eigenvalue weighted by molar-refractivity contribution is -0.152. The molecule has 6 aromatic rings. The third-order valence-electron chi connectivity index (χ3n) is 6.14. The quantitative estimate of drug-likeness (QED) is 0.104. The van der Waals surface area contributed by atoms with Gasteiger partial charge in [-0.25, -0.2) is 9.59 Å². The van der Waals surface area contributed by atoms with Crippen LogP contribution in [0, 0.1) is 11.3 Å². The molecule has 13 heteroatoms. The lowest BCUT2D eigenvalue weighted by Crippen LogP contribution is -2.14. The number of rotatable bonds is 6. The first-order valence-electron chi connectivity index (χ1n) is 13.2. The molecule has 6 rings (SSSR count). The fourth-order valence-electron chi connectivity index (χ4n) is 4.03. The maximum Gasteiger partial charge on any atom is 0.340 e. The van der Waals surface area contributed by atoms with E-state index in [9.17, 15) is 19.8 Å². The van der Waals surface area contributed by atoms with Gasteiger partial charge in [0.2, 0.25) is 0 Å². The number of halogens is 1. The van der Waals surface area contributed by atoms with Crippen LogP contribution < -0.4 is 0 Å². The van der Waals surface area contributed by atoms with Crippen LogP contribution in [0.2, 0.25) is 0 Å². The Balaban J connectivity index is 0.000000232. The number of carboxylic acid groups (broad SMARTS) is 1. The Labute approximate surface area is 283 Å². The number of nitriles is 1. The molecule has 0 saturated heterocycles. The Hall–Kier alpha value is -3.90. The van der Waals surface area contributed by atoms with E-state index in [1.807, 2.05) is 91.0 Å². The molecule has 0 amide bonds. The molecule has 3 heterocycles. The number of aliphatic hydroxyl groups is 3. The zero-order chi connectivity index (χ0) is 32.9. The highest BCUT2D eigenvalue weighted by Crippen LogP contribution is 2.32. The fraction of sp³-hybridized carbons (Fsp3) is 0.182. The number of carbonyl (C=O) groups is 2. The van der Waals surface area contributed by atoms with E-state index in [0.29, 0.717) is 9.75 Å². The number of carboxylic acids is 1. The SMILES string of the molecule is CO.COC(=O)C(OC)c1cc2ccccc2s1.Cl.N#CC(O)c1cc2ccccc2s1.O=C(O)C(O)c1cc2ccccc2s1. The van der Waals surface area contributed by atoms with Gasteiger partial charge < -0.3 is 29.9 Å². The molecule has 0 saturated carbocycles. The molecule has 3 aromatic heterocycles. The van der Waals surface area contributed by atoms with Gasteiger partial charge in [0.25, 0.3) is 0 Å². The lowest BCUT2D eigenvalue weighted by Gasteiger charge is -2.09. The number of hydrogen-bond acceptors (Lipinski definition) is 11. The number of fused-ring (bicyclic) bond motifs is 3. The van der Waals surface area contributed by atoms with Gasteiger partial charge >= 0.3 is 11.9 Å². The van der Waals surface area contributed by atoms with Gasteiger partial charge in [0.1, 0.15) is 0 Å². The second-order valence-electron chi connectivity index (χ2n) is 8.97. The Morgan fingerprint density at radius 3 is 1.50 bits per heavy atom. The number of benzene rings is 3. The monoisotopic (exact) mass is 701 g/mol. The smallest absolute Gasteiger partial charge is 0.340 e. The lowest BCUT2D eigenvalue weighted by atomic mass is 10.2. The van der Waals surface area contributed by atoms with Crippen molar-refractivity contribution in [1.82, 2.24) is 0 Å². The first kappa shape index (κ1) is 38.3. The molecule has 9 nitrogen and oxygen atoms in total. The summed E-state index contributed by atoms with van der Waals surface area (Å²) in [6, 6.07) is 30.7. The topological polar surface area (TPSA) is 157 Å². The molecule has 0 bridgehead atoms. The third-order valence-corrected chi connectivity index (χ3v) is 9.63. The van der Waals surface area contributed by atoms with Gasteiger partial charge in [0.15, 0.2) is 18.3 Å². The van der Waals surface area contributed by atoms with Crippen molar-refractivity contribution in [3.05, 3.63) is 106 Å². The van der Waals surface area contributed by atoms with Crippen molar-refractivity contribution in [1.29, 1.82) is 5.26 Å². The van der Waals surface area contributed by atoms with Gasteiger partial charge in [-0.05, 0) is 52.6 Å². The minimum absolute atomic E-state index is 0. The molecule has 0 aliphatic heterocycles. The number of aliphatic hydroxyl groups excluding tert-OH is 3. The zero-order valence-corrected chi connectivity index (χ0v) is 28.2. The summed E-state index contributed by atoms with van der Waals surface area (Å²) in [6.07, 6.45) is -3.02. The summed E-state index contributed by atoms with van der Waals surface area (Å²) in [7, 11) is 3.87. The summed E-state index contributed by atoms with van der Waals surface area (Å²) in [5.74, 6) is -1.58. The van der Waals surface area contributed by atoms with Crippen LogP contribution in [-0.4, -0.2) is 53.7 Å². The number of methoxy groups -OCH3 is 2. The van der Waals surface area contributed by atoms with Gasteiger partial charge in [-0.1, -0.05) is 54.6 Å². The molecule has 46 heavy (non-hydrogen) atoms. The van der Waals surface area contributed by atoms with Crippen molar-refractivity contribution in [3.8, 4) is 6.07 Å². The summed E-state index contributed by atoms with van der Waals surface area (Å²) < 4.78 is 13.1. The Morgan fingerprint density at radius 1 is 0.717 bits per heavy atom. The normalized spacial score (nSPS) is 12.0. The van der Waals surface area contributed by atoms with Gasteiger partial charge in [0, 0.05) is 43.0 Å². The predicted molar refractivity (Wildman–Crippen MR) is 186 cm³/mol. The summed E-state index contributed by atoms with van der Waals surface area (Å²) in [6.45, 7) is 0. The van der Waals surface area contributed by atoms with E-state index in [4.69, 9.17) is 24.9 Å². The van der Waals surface area contributed by atoms with E-state index >= 15 is 0 Å². The number of hydrogen-bond donors (Lipinski definition) is 4. The average molecular weight is 702 g/mol. The zero-order valence-electron chi connectivity index (χ0n) is 24.9. The van der Waals surface area contributed by atoms with Crippen LogP contribution >= 0.6 is 46.4 Å². The van der Waals surface area contributed by atoms with Crippen molar-refractivity contribution < 1.29 is 39.5 Å². The number of esters is 1. The molecule has 4 N–H and O–H groups in total. The third kappa shape index (κ3) is 9.80. The van der Waals surface area contributed by atoms with Gasteiger partial charge in [-0.2, -0.15) is 5.26 Å². The molecule has 3 unspecified atom stereocenters. The highest BCUT2D eigenvalue weighted by atomic mass is 35.5. The molecular weight excluding hydrogens is 670 g/mol. The molecule has 0 aliphatic rings. The van der Waals surface area contributed by atoms with Crippen molar-refractivity contribution in [2.45, 2.75) is 18.3 Å². The minimum atomic E-state index is -1.41. The molecule has 0 fully saturated rings. The minimum Gasteiger partial charge on any atom is -0.479 e. The second kappa shape index (κ2) is 18.9. The van der Waals surface area contributed by atoms with Crippen LogP contribution in [0.5, 0.6) is 0 Å². The molecule has 0 spiro atoms. The highest BCUT2D eigenvalue weighted by molar-refractivity contribution is 7.19. The standard InChI is InChI=1S/C12H12O3S.C10H7NOS.C10H8O3S.CH4O.ClH/c1-14-11(12(13)15-2)10-7-8-5-3-4-6-9(8)16-10;11-6-8(12)10-5-7-3-1-2-4-9(7)13-10;11-9(10(12)13)8-5-6-3-1-2-4-7(6)14-8;1-2;/h3-7,11H,1-2H3;1-5,8,12H;1-5,9,11H,(H,12,13);2H,1H3;1H. The molecule has 3 atom stereocenters. The van der Waals surface area contributed by atoms with E-state index in [-0.39, 0.29) is 18.4 Å². The molecule has 242 valence electrons. The van der Waals surface area contributed by atoms with Crippen molar-refractivity contribution in [2.24, 2.45) is 0 Å². The largest absolute Gasteiger partial charge is 0.479 e. The van der Waals surface area contributed by atoms with Crippen LogP contribution in [0.3, 0.4) is 0 Å². The van der Waals surface area contributed by atoms with Gasteiger partial charge in [0.05, 0.1) is 13.2 Å². The Kier molecular flexibility index (Phi) is 15.7. The first-order valence-corrected chi connectivity index (χ1v) is 15.7. The van der Waals surface area contributed by atoms with Crippen LogP contribution in [0.25, 0.3) is 30.3 Å². The van der Waals surface area contributed by atoms with Crippen LogP contribution in [-0.2, 0) is 19.1 Å². The maximum atomic E-state index is 11.5. The first-order chi connectivity index (χ1) is 21.7. The fourth-order valence-corrected chi connectivity index (χ4v) is 7.20. The van der Waals surface area contributed by atoms with Crippen LogP contribution in [0.1, 0.15) is 32.9 Å². The van der Waals surface area contributed by atoms with Crippen molar-refractivity contribution in [3.63, 3.8) is 0 Å². The van der Waals surface area contributed by atoms with Crippen molar-refractivity contribution in [2.75, 3.05) is 21.3 Å². The number of thiophene rings is 3. The van der Waals surface area contributed by atoms with E-state index < -0.39 is 24.3 Å². The Morgan fingerprint density at radius 2 is 1.11 bits per heavy atom. The second-order valence-corrected chi connectivity index (χ2v) is 12.3. The highest BCUT2D eigenvalue weighted by Gasteiger charge is 2.23. The van der Waals surface area contributed by atoms with E-state index in [1.54, 1.807) is 17.4 Å². The predicted octanol–water partition coefficient (Wildman–Crippen LogP) is 7.27. The number of aliphatic carboxylic acids is 1. The summed E-state index contributed by atoms with van der Waals surface area (Å²) >= 11 is 4.31. The average Bonchev–Trinajstić information content (AvgIpc) is 3.82. The maximum absolute atomic E-state index is 11.5. The summed E-state index contributed by atoms with van der Waals surface area (Å²) in [5.41, 5.74) is 0. The van der Waals surface area contributed by atoms with Crippen LogP contribution in [0.4, 0.5) is 0 Å². The summed E-state index contributed by atoms with van der Waals surface area (Å²) in [4.78, 5) is 24.1. The number of ether oxygens (including phenoxy) is 2. The van der Waals surface area contributed by atoms with Gasteiger partial charge in [-0.15, -0.1) is 46.4 Å². The van der Waals surface area contributed by atoms with Crippen molar-refractivity contribution >= 4 is 88.6 Å². The molecule has 0 aliphatic carbocycles. The number of nitrogens with zero attached hydrogens (tertiary/aromatic N) is 1. The van der Waals surface area contributed by atoms with E-state index in [0.717, 1.165) is 42.2 Å². The van der Waals surface area contributed by atoms with E-state index in [1.165, 1.54) is 36.9 Å². The van der Waals surface area contributed by atoms with Gasteiger partial charge in [-0.3, -0.25) is 0 Å². The van der Waals surface area contributed by atoms with Crippen LogP contribution in [0.15, 0.2) is 91.0 Å².